The maximum Gasteiger partial charge on any atom is 0.134 e. The maximum absolute atomic E-state index is 5.69. The largest absolute Gasteiger partial charge is 0.375 e. The maximum atomic E-state index is 5.69. The van der Waals surface area contributed by atoms with Gasteiger partial charge in [0.2, 0.25) is 0 Å². The van der Waals surface area contributed by atoms with Crippen LogP contribution in [0, 0.1) is 0 Å². The Kier molecular flexibility index (Phi) is 5.07. The molecule has 0 aromatic carbocycles. The summed E-state index contributed by atoms with van der Waals surface area (Å²) in [5.74, 6) is 0.703. The Hall–Kier alpha value is -1.13. The van der Waals surface area contributed by atoms with Crippen molar-refractivity contribution in [3.63, 3.8) is 0 Å². The topological polar surface area (TPSA) is 47.0 Å². The Morgan fingerprint density at radius 2 is 2.40 bits per heavy atom. The summed E-state index contributed by atoms with van der Waals surface area (Å²) in [6.07, 6.45) is 1.42. The van der Waals surface area contributed by atoms with Gasteiger partial charge in [0.25, 0.3) is 0 Å². The van der Waals surface area contributed by atoms with E-state index in [1.165, 1.54) is 6.33 Å². The molecule has 0 amide bonds. The molecule has 0 fully saturated rings. The SMILES string of the molecule is C=C(C)COCCNc1cc(Cl)ncn1. The molecule has 82 valence electrons. The molecule has 0 aliphatic carbocycles. The van der Waals surface area contributed by atoms with Crippen molar-refractivity contribution in [1.29, 1.82) is 0 Å². The van der Waals surface area contributed by atoms with E-state index in [-0.39, 0.29) is 0 Å². The third-order valence-corrected chi connectivity index (χ3v) is 1.74. The van der Waals surface area contributed by atoms with Crippen LogP contribution in [0.25, 0.3) is 0 Å². The Morgan fingerprint density at radius 1 is 1.60 bits per heavy atom. The molecule has 0 bridgehead atoms. The number of nitrogens with zero attached hydrogens (tertiary/aromatic N) is 2. The molecule has 1 rings (SSSR count). The normalized spacial score (nSPS) is 10.0. The average molecular weight is 228 g/mol. The van der Waals surface area contributed by atoms with E-state index in [0.29, 0.717) is 30.7 Å². The monoisotopic (exact) mass is 227 g/mol. The highest BCUT2D eigenvalue weighted by Crippen LogP contribution is 2.07. The van der Waals surface area contributed by atoms with Crippen molar-refractivity contribution >= 4 is 17.4 Å². The quantitative estimate of drug-likeness (QED) is 0.460. The lowest BCUT2D eigenvalue weighted by molar-refractivity contribution is 0.167. The van der Waals surface area contributed by atoms with Crippen LogP contribution in [0.5, 0.6) is 0 Å². The van der Waals surface area contributed by atoms with Crippen LogP contribution in [0.2, 0.25) is 5.15 Å². The number of anilines is 1. The first kappa shape index (κ1) is 11.9. The Morgan fingerprint density at radius 3 is 3.07 bits per heavy atom. The summed E-state index contributed by atoms with van der Waals surface area (Å²) in [6.45, 7) is 7.54. The zero-order valence-corrected chi connectivity index (χ0v) is 9.42. The molecule has 15 heavy (non-hydrogen) atoms. The van der Waals surface area contributed by atoms with Crippen LogP contribution in [-0.4, -0.2) is 29.7 Å². The number of hydrogen-bond acceptors (Lipinski definition) is 4. The first-order chi connectivity index (χ1) is 7.18. The molecule has 0 spiro atoms. The highest BCUT2D eigenvalue weighted by molar-refractivity contribution is 6.29. The smallest absolute Gasteiger partial charge is 0.134 e. The highest BCUT2D eigenvalue weighted by atomic mass is 35.5. The summed E-state index contributed by atoms with van der Waals surface area (Å²) >= 11 is 5.69. The fourth-order valence-electron chi connectivity index (χ4n) is 0.928. The van der Waals surface area contributed by atoms with E-state index in [4.69, 9.17) is 16.3 Å². The number of hydrogen-bond donors (Lipinski definition) is 1. The number of halogens is 1. The van der Waals surface area contributed by atoms with Crippen LogP contribution in [0.15, 0.2) is 24.5 Å². The van der Waals surface area contributed by atoms with Crippen molar-refractivity contribution in [2.45, 2.75) is 6.92 Å². The molecular formula is C10H14ClN3O. The van der Waals surface area contributed by atoms with Gasteiger partial charge < -0.3 is 10.1 Å². The number of rotatable bonds is 6. The van der Waals surface area contributed by atoms with Gasteiger partial charge in [-0.3, -0.25) is 0 Å². The Balaban J connectivity index is 2.17. The Bertz CT molecular complexity index is 330. The van der Waals surface area contributed by atoms with Gasteiger partial charge in [-0.25, -0.2) is 9.97 Å². The minimum atomic E-state index is 0.426. The molecule has 0 aliphatic rings. The molecule has 0 aliphatic heterocycles. The zero-order chi connectivity index (χ0) is 11.1. The van der Waals surface area contributed by atoms with Crippen LogP contribution < -0.4 is 5.32 Å². The van der Waals surface area contributed by atoms with Crippen molar-refractivity contribution in [2.24, 2.45) is 0 Å². The van der Waals surface area contributed by atoms with Gasteiger partial charge in [-0.1, -0.05) is 23.8 Å². The lowest BCUT2D eigenvalue weighted by atomic mass is 10.4. The van der Waals surface area contributed by atoms with E-state index in [1.54, 1.807) is 6.07 Å². The molecule has 0 atom stereocenters. The lowest BCUT2D eigenvalue weighted by Crippen LogP contribution is -2.11. The third-order valence-electron chi connectivity index (χ3n) is 1.53. The van der Waals surface area contributed by atoms with Crippen LogP contribution in [0.4, 0.5) is 5.82 Å². The summed E-state index contributed by atoms with van der Waals surface area (Å²) in [5.41, 5.74) is 1.01. The van der Waals surface area contributed by atoms with E-state index in [9.17, 15) is 0 Å². The Labute approximate surface area is 94.3 Å². The van der Waals surface area contributed by atoms with Crippen LogP contribution in [0.3, 0.4) is 0 Å². The number of nitrogens with one attached hydrogen (secondary N) is 1. The van der Waals surface area contributed by atoms with E-state index < -0.39 is 0 Å². The second kappa shape index (κ2) is 6.37. The molecule has 0 radical (unpaired) electrons. The molecule has 1 heterocycles. The van der Waals surface area contributed by atoms with Gasteiger partial charge >= 0.3 is 0 Å². The van der Waals surface area contributed by atoms with Gasteiger partial charge in [-0.05, 0) is 6.92 Å². The first-order valence-electron chi connectivity index (χ1n) is 4.62. The minimum absolute atomic E-state index is 0.426. The van der Waals surface area contributed by atoms with E-state index in [1.807, 2.05) is 6.92 Å². The van der Waals surface area contributed by atoms with Crippen molar-refractivity contribution in [3.05, 3.63) is 29.7 Å². The summed E-state index contributed by atoms with van der Waals surface area (Å²) < 4.78 is 5.31. The van der Waals surface area contributed by atoms with Crippen molar-refractivity contribution in [2.75, 3.05) is 25.1 Å². The van der Waals surface area contributed by atoms with Gasteiger partial charge in [0, 0.05) is 12.6 Å². The predicted octanol–water partition coefficient (Wildman–Crippen LogP) is 2.13. The van der Waals surface area contributed by atoms with Crippen LogP contribution in [0.1, 0.15) is 6.92 Å². The second-order valence-electron chi connectivity index (χ2n) is 3.16. The van der Waals surface area contributed by atoms with E-state index in [0.717, 1.165) is 5.57 Å². The zero-order valence-electron chi connectivity index (χ0n) is 8.66. The molecule has 1 aromatic rings. The minimum Gasteiger partial charge on any atom is -0.375 e. The summed E-state index contributed by atoms with van der Waals surface area (Å²) in [7, 11) is 0. The van der Waals surface area contributed by atoms with E-state index in [2.05, 4.69) is 21.9 Å². The molecule has 0 saturated heterocycles. The highest BCUT2D eigenvalue weighted by Gasteiger charge is 1.95. The molecule has 0 unspecified atom stereocenters. The van der Waals surface area contributed by atoms with Gasteiger partial charge in [-0.15, -0.1) is 0 Å². The van der Waals surface area contributed by atoms with Crippen molar-refractivity contribution < 1.29 is 4.74 Å². The summed E-state index contributed by atoms with van der Waals surface area (Å²) in [6, 6.07) is 1.67. The second-order valence-corrected chi connectivity index (χ2v) is 3.55. The molecule has 4 nitrogen and oxygen atoms in total. The summed E-state index contributed by atoms with van der Waals surface area (Å²) in [5, 5.41) is 3.50. The van der Waals surface area contributed by atoms with Gasteiger partial charge in [0.05, 0.1) is 13.2 Å². The number of aromatic nitrogens is 2. The summed E-state index contributed by atoms with van der Waals surface area (Å²) in [4.78, 5) is 7.77. The molecular weight excluding hydrogens is 214 g/mol. The fourth-order valence-corrected chi connectivity index (χ4v) is 1.07. The van der Waals surface area contributed by atoms with E-state index >= 15 is 0 Å². The van der Waals surface area contributed by atoms with Gasteiger partial charge in [0.1, 0.15) is 17.3 Å². The van der Waals surface area contributed by atoms with Crippen LogP contribution in [-0.2, 0) is 4.74 Å². The first-order valence-corrected chi connectivity index (χ1v) is 5.00. The molecule has 5 heteroatoms. The number of ether oxygens (including phenoxy) is 1. The third kappa shape index (κ3) is 5.34. The van der Waals surface area contributed by atoms with Crippen molar-refractivity contribution in [3.8, 4) is 0 Å². The molecule has 1 aromatic heterocycles. The molecule has 0 saturated carbocycles. The predicted molar refractivity (Wildman–Crippen MR) is 61.2 cm³/mol. The van der Waals surface area contributed by atoms with Gasteiger partial charge in [-0.2, -0.15) is 0 Å². The molecule has 1 N–H and O–H groups in total. The van der Waals surface area contributed by atoms with Crippen molar-refractivity contribution in [1.82, 2.24) is 9.97 Å². The average Bonchev–Trinajstić information content (AvgIpc) is 2.17. The fraction of sp³-hybridized carbons (Fsp3) is 0.400. The lowest BCUT2D eigenvalue weighted by Gasteiger charge is -2.06. The van der Waals surface area contributed by atoms with Crippen LogP contribution >= 0.6 is 11.6 Å². The van der Waals surface area contributed by atoms with Gasteiger partial charge in [0.15, 0.2) is 0 Å². The standard InChI is InChI=1S/C10H14ClN3O/c1-8(2)6-15-4-3-12-10-5-9(11)13-7-14-10/h5,7H,1,3-4,6H2,2H3,(H,12,13,14).